The highest BCUT2D eigenvalue weighted by Gasteiger charge is 2.34. The van der Waals surface area contributed by atoms with Gasteiger partial charge in [0.2, 0.25) is 0 Å². The fourth-order valence-electron chi connectivity index (χ4n) is 3.69. The van der Waals surface area contributed by atoms with E-state index in [0.717, 1.165) is 42.6 Å². The van der Waals surface area contributed by atoms with Gasteiger partial charge in [-0.3, -0.25) is 14.6 Å². The minimum absolute atomic E-state index is 0.0871. The topological polar surface area (TPSA) is 58.5 Å². The Kier molecular flexibility index (Phi) is 3.96. The molecular weight excluding hydrogens is 312 g/mol. The first-order chi connectivity index (χ1) is 12.1. The second kappa shape index (κ2) is 6.28. The summed E-state index contributed by atoms with van der Waals surface area (Å²) in [7, 11) is 0. The van der Waals surface area contributed by atoms with Crippen LogP contribution in [0.25, 0.3) is 0 Å². The Balaban J connectivity index is 1.73. The van der Waals surface area contributed by atoms with Crippen LogP contribution >= 0.6 is 0 Å². The first-order valence-electron chi connectivity index (χ1n) is 8.77. The van der Waals surface area contributed by atoms with Crippen molar-refractivity contribution in [3.63, 3.8) is 0 Å². The largest absolute Gasteiger partial charge is 0.322 e. The quantitative estimate of drug-likeness (QED) is 0.866. The van der Waals surface area contributed by atoms with Gasteiger partial charge in [-0.15, -0.1) is 0 Å². The zero-order valence-electron chi connectivity index (χ0n) is 14.2. The van der Waals surface area contributed by atoms with Gasteiger partial charge in [-0.25, -0.2) is 0 Å². The third kappa shape index (κ3) is 2.78. The minimum Gasteiger partial charge on any atom is -0.322 e. The van der Waals surface area contributed by atoms with Gasteiger partial charge in [0.25, 0.3) is 5.91 Å². The van der Waals surface area contributed by atoms with Crippen LogP contribution < -0.4 is 5.32 Å². The number of para-hydroxylation sites is 2. The number of fused-ring (bicyclic) bond motifs is 2. The molecule has 2 aromatic rings. The summed E-state index contributed by atoms with van der Waals surface area (Å²) in [4.78, 5) is 30.4. The summed E-state index contributed by atoms with van der Waals surface area (Å²) in [6.45, 7) is 1.95. The van der Waals surface area contributed by atoms with E-state index in [1.54, 1.807) is 18.2 Å². The smallest absolute Gasteiger partial charge is 0.257 e. The van der Waals surface area contributed by atoms with Gasteiger partial charge in [-0.05, 0) is 49.9 Å². The van der Waals surface area contributed by atoms with Crippen molar-refractivity contribution in [2.45, 2.75) is 32.6 Å². The number of hydrogen-bond acceptors (Lipinski definition) is 3. The van der Waals surface area contributed by atoms with Crippen LogP contribution in [0.2, 0.25) is 0 Å². The molecule has 1 heterocycles. The monoisotopic (exact) mass is 332 g/mol. The fraction of sp³-hybridized carbons (Fsp3) is 0.286. The van der Waals surface area contributed by atoms with E-state index in [1.165, 1.54) is 0 Å². The van der Waals surface area contributed by atoms with Crippen LogP contribution in [0.15, 0.2) is 47.5 Å². The number of carbonyl (C=O) groups is 2. The number of nitrogens with zero attached hydrogens (tertiary/aromatic N) is 1. The Morgan fingerprint density at radius 2 is 1.96 bits per heavy atom. The van der Waals surface area contributed by atoms with Crippen molar-refractivity contribution in [1.82, 2.24) is 0 Å². The lowest BCUT2D eigenvalue weighted by Crippen LogP contribution is -2.31. The Morgan fingerprint density at radius 1 is 1.12 bits per heavy atom. The van der Waals surface area contributed by atoms with Gasteiger partial charge in [0.15, 0.2) is 5.78 Å². The van der Waals surface area contributed by atoms with Crippen LogP contribution in [0.1, 0.15) is 52.0 Å². The molecule has 4 nitrogen and oxygen atoms in total. The lowest BCUT2D eigenvalue weighted by molar-refractivity contribution is 0.0942. The maximum Gasteiger partial charge on any atom is 0.257 e. The average Bonchev–Trinajstić information content (AvgIpc) is 2.63. The molecule has 1 atom stereocenters. The molecule has 0 aromatic heterocycles. The van der Waals surface area contributed by atoms with Crippen molar-refractivity contribution >= 4 is 28.8 Å². The van der Waals surface area contributed by atoms with E-state index < -0.39 is 0 Å². The number of anilines is 1. The number of nitrogens with one attached hydrogen (secondary N) is 1. The normalized spacial score (nSPS) is 18.8. The van der Waals surface area contributed by atoms with Crippen LogP contribution in [0.5, 0.6) is 0 Å². The van der Waals surface area contributed by atoms with Gasteiger partial charge in [-0.1, -0.05) is 30.7 Å². The molecule has 2 aliphatic rings. The molecule has 0 spiro atoms. The van der Waals surface area contributed by atoms with Crippen molar-refractivity contribution in [3.8, 4) is 0 Å². The van der Waals surface area contributed by atoms with E-state index in [9.17, 15) is 9.59 Å². The first kappa shape index (κ1) is 15.8. The van der Waals surface area contributed by atoms with E-state index in [2.05, 4.69) is 5.32 Å². The van der Waals surface area contributed by atoms with Crippen LogP contribution in [0.4, 0.5) is 11.4 Å². The number of aryl methyl sites for hydroxylation is 1. The predicted octanol–water partition coefficient (Wildman–Crippen LogP) is 4.71. The molecule has 1 amide bonds. The second-order valence-corrected chi connectivity index (χ2v) is 6.74. The SMILES string of the molecule is Cc1ccccc1NC(=O)c1cccc2c1N=C1CCCCC1C2=O. The molecule has 1 N–H and O–H groups in total. The average molecular weight is 332 g/mol. The number of rotatable bonds is 2. The van der Waals surface area contributed by atoms with Crippen LogP contribution in [0, 0.1) is 12.8 Å². The molecular formula is C21H20N2O2. The highest BCUT2D eigenvalue weighted by Crippen LogP contribution is 2.37. The van der Waals surface area contributed by atoms with Crippen LogP contribution in [0.3, 0.4) is 0 Å². The Labute approximate surface area is 147 Å². The molecule has 25 heavy (non-hydrogen) atoms. The molecule has 1 aliphatic heterocycles. The summed E-state index contributed by atoms with van der Waals surface area (Å²) in [5.41, 5.74) is 4.29. The molecule has 1 saturated carbocycles. The van der Waals surface area contributed by atoms with Gasteiger partial charge in [0.05, 0.1) is 17.2 Å². The third-order valence-electron chi connectivity index (χ3n) is 5.09. The summed E-state index contributed by atoms with van der Waals surface area (Å²) >= 11 is 0. The molecule has 4 rings (SSSR count). The Hall–Kier alpha value is -2.75. The standard InChI is InChI=1S/C21H20N2O2/c1-13-7-2-4-11-17(13)23-21(25)16-10-6-9-15-19(16)22-18-12-5-3-8-14(18)20(15)24/h2,4,6-7,9-11,14H,3,5,8,12H2,1H3,(H,23,25). The summed E-state index contributed by atoms with van der Waals surface area (Å²) < 4.78 is 0. The summed E-state index contributed by atoms with van der Waals surface area (Å²) in [6, 6.07) is 12.9. The Bertz CT molecular complexity index is 899. The number of aliphatic imine (C=N–C) groups is 1. The van der Waals surface area contributed by atoms with E-state index >= 15 is 0 Å². The summed E-state index contributed by atoms with van der Waals surface area (Å²) in [5, 5.41) is 2.94. The molecule has 0 bridgehead atoms. The molecule has 1 aliphatic carbocycles. The van der Waals surface area contributed by atoms with E-state index in [1.807, 2.05) is 31.2 Å². The maximum atomic E-state index is 12.8. The fourth-order valence-corrected chi connectivity index (χ4v) is 3.69. The second-order valence-electron chi connectivity index (χ2n) is 6.74. The number of Topliss-reactive ketones (excluding diaryl/α,β-unsaturated/α-hetero) is 1. The molecule has 126 valence electrons. The van der Waals surface area contributed by atoms with Gasteiger partial charge in [0, 0.05) is 17.0 Å². The lowest BCUT2D eigenvalue weighted by atomic mass is 9.79. The van der Waals surface area contributed by atoms with Gasteiger partial charge >= 0.3 is 0 Å². The minimum atomic E-state index is -0.224. The van der Waals surface area contributed by atoms with E-state index in [-0.39, 0.29) is 17.6 Å². The molecule has 1 unspecified atom stereocenters. The van der Waals surface area contributed by atoms with Crippen molar-refractivity contribution in [3.05, 3.63) is 59.2 Å². The third-order valence-corrected chi connectivity index (χ3v) is 5.09. The first-order valence-corrected chi connectivity index (χ1v) is 8.77. The zero-order valence-corrected chi connectivity index (χ0v) is 14.2. The molecule has 4 heteroatoms. The number of amides is 1. The predicted molar refractivity (Wildman–Crippen MR) is 99.0 cm³/mol. The van der Waals surface area contributed by atoms with E-state index in [4.69, 9.17) is 4.99 Å². The number of benzene rings is 2. The van der Waals surface area contributed by atoms with Crippen LogP contribution in [-0.4, -0.2) is 17.4 Å². The van der Waals surface area contributed by atoms with Crippen molar-refractivity contribution < 1.29 is 9.59 Å². The van der Waals surface area contributed by atoms with Crippen LogP contribution in [-0.2, 0) is 0 Å². The highest BCUT2D eigenvalue weighted by atomic mass is 16.1. The summed E-state index contributed by atoms with van der Waals surface area (Å²) in [6.07, 6.45) is 3.86. The molecule has 0 radical (unpaired) electrons. The number of hydrogen-bond donors (Lipinski definition) is 1. The van der Waals surface area contributed by atoms with Crippen molar-refractivity contribution in [2.24, 2.45) is 10.9 Å². The van der Waals surface area contributed by atoms with Gasteiger partial charge in [-0.2, -0.15) is 0 Å². The molecule has 1 fully saturated rings. The van der Waals surface area contributed by atoms with E-state index in [0.29, 0.717) is 16.8 Å². The maximum absolute atomic E-state index is 12.8. The van der Waals surface area contributed by atoms with Gasteiger partial charge < -0.3 is 5.32 Å². The van der Waals surface area contributed by atoms with Crippen molar-refractivity contribution in [2.75, 3.05) is 5.32 Å². The Morgan fingerprint density at radius 3 is 2.80 bits per heavy atom. The number of carbonyl (C=O) groups excluding carboxylic acids is 2. The lowest BCUT2D eigenvalue weighted by Gasteiger charge is -2.28. The molecule has 0 saturated heterocycles. The summed E-state index contributed by atoms with van der Waals surface area (Å²) in [5.74, 6) is -0.196. The van der Waals surface area contributed by atoms with Gasteiger partial charge in [0.1, 0.15) is 0 Å². The highest BCUT2D eigenvalue weighted by molar-refractivity contribution is 6.21. The zero-order chi connectivity index (χ0) is 17.4. The molecule has 2 aromatic carbocycles. The van der Waals surface area contributed by atoms with Crippen molar-refractivity contribution in [1.29, 1.82) is 0 Å². The number of ketones is 1.